The average molecular weight is 497 g/mol. The molecule has 3 amide bonds. The van der Waals surface area contributed by atoms with Crippen LogP contribution in [0.15, 0.2) is 42.5 Å². The topological polar surface area (TPSA) is 101 Å². The molecule has 0 unspecified atom stereocenters. The zero-order chi connectivity index (χ0) is 25.4. The van der Waals surface area contributed by atoms with Crippen molar-refractivity contribution in [1.29, 1.82) is 0 Å². The number of hydrogen-bond donors (Lipinski definition) is 3. The van der Waals surface area contributed by atoms with Crippen LogP contribution in [0.3, 0.4) is 0 Å². The smallest absolute Gasteiger partial charge is 0.319 e. The van der Waals surface area contributed by atoms with E-state index in [1.807, 2.05) is 6.07 Å². The number of methoxy groups -OCH3 is 2. The molecule has 0 spiro atoms. The molecule has 0 atom stereocenters. The van der Waals surface area contributed by atoms with Crippen molar-refractivity contribution in [3.05, 3.63) is 48.0 Å². The van der Waals surface area contributed by atoms with E-state index in [9.17, 15) is 9.59 Å². The Kier molecular flexibility index (Phi) is 8.66. The third-order valence-electron chi connectivity index (χ3n) is 7.10. The first-order valence-electron chi connectivity index (χ1n) is 12.5. The predicted molar refractivity (Wildman–Crippen MR) is 139 cm³/mol. The molecule has 1 saturated heterocycles. The van der Waals surface area contributed by atoms with Gasteiger partial charge in [0.1, 0.15) is 11.5 Å². The van der Waals surface area contributed by atoms with Gasteiger partial charge in [0.05, 0.1) is 38.8 Å². The number of rotatable bonds is 8. The normalized spacial score (nSPS) is 17.6. The third-order valence-corrected chi connectivity index (χ3v) is 7.10. The number of carbonyl (C=O) groups excluding carboxylic acids is 2. The average Bonchev–Trinajstić information content (AvgIpc) is 2.94. The second kappa shape index (κ2) is 12.1. The lowest BCUT2D eigenvalue weighted by molar-refractivity contribution is -0.0356. The van der Waals surface area contributed by atoms with Crippen LogP contribution in [-0.4, -0.2) is 69.4 Å². The van der Waals surface area contributed by atoms with E-state index in [2.05, 4.69) is 20.9 Å². The molecule has 0 radical (unpaired) electrons. The Morgan fingerprint density at radius 3 is 2.14 bits per heavy atom. The summed E-state index contributed by atoms with van der Waals surface area (Å²) in [4.78, 5) is 28.1. The molecule has 3 N–H and O–H groups in total. The summed E-state index contributed by atoms with van der Waals surface area (Å²) >= 11 is 0. The summed E-state index contributed by atoms with van der Waals surface area (Å²) in [6.45, 7) is 3.83. The number of anilines is 2. The Labute approximate surface area is 212 Å². The number of nitrogens with one attached hydrogen (secondary N) is 3. The SMILES string of the molecule is COc1cc(NC(=O)c2ccccc2)c(OC)cc1NC(=O)NCC1(N2CCOCC2)CCCCC1. The molecular weight excluding hydrogens is 460 g/mol. The molecule has 1 saturated carbocycles. The van der Waals surface area contributed by atoms with Crippen LogP contribution < -0.4 is 25.4 Å². The van der Waals surface area contributed by atoms with Crippen LogP contribution >= 0.6 is 0 Å². The zero-order valence-electron chi connectivity index (χ0n) is 21.1. The standard InChI is InChI=1S/C27H36N4O5/c1-34-23-18-22(24(35-2)17-21(23)29-25(32)20-9-5-3-6-10-20)30-26(33)28-19-27(11-7-4-8-12-27)31-13-15-36-16-14-31/h3,5-6,9-10,17-18H,4,7-8,11-16,19H2,1-2H3,(H,29,32)(H2,28,30,33). The summed E-state index contributed by atoms with van der Waals surface area (Å²) in [5, 5.41) is 8.85. The number of morpholine rings is 1. The lowest BCUT2D eigenvalue weighted by Crippen LogP contribution is -2.60. The summed E-state index contributed by atoms with van der Waals surface area (Å²) in [5.41, 5.74) is 1.39. The molecular formula is C27H36N4O5. The summed E-state index contributed by atoms with van der Waals surface area (Å²) in [6.07, 6.45) is 5.71. The predicted octanol–water partition coefficient (Wildman–Crippen LogP) is 4.11. The van der Waals surface area contributed by atoms with Crippen LogP contribution in [0, 0.1) is 0 Å². The van der Waals surface area contributed by atoms with Crippen molar-refractivity contribution < 1.29 is 23.8 Å². The van der Waals surface area contributed by atoms with Crippen molar-refractivity contribution in [2.24, 2.45) is 0 Å². The van der Waals surface area contributed by atoms with Crippen molar-refractivity contribution in [2.45, 2.75) is 37.6 Å². The van der Waals surface area contributed by atoms with Gasteiger partial charge in [0.2, 0.25) is 0 Å². The van der Waals surface area contributed by atoms with Gasteiger partial charge in [-0.25, -0.2) is 4.79 Å². The highest BCUT2D eigenvalue weighted by atomic mass is 16.5. The van der Waals surface area contributed by atoms with Crippen LogP contribution in [0.1, 0.15) is 42.5 Å². The zero-order valence-corrected chi connectivity index (χ0v) is 21.1. The molecule has 1 aliphatic heterocycles. The molecule has 1 aliphatic carbocycles. The Morgan fingerprint density at radius 1 is 0.917 bits per heavy atom. The largest absolute Gasteiger partial charge is 0.494 e. The van der Waals surface area contributed by atoms with Gasteiger partial charge >= 0.3 is 6.03 Å². The third kappa shape index (κ3) is 6.09. The minimum Gasteiger partial charge on any atom is -0.494 e. The molecule has 36 heavy (non-hydrogen) atoms. The van der Waals surface area contributed by atoms with E-state index in [0.717, 1.165) is 39.1 Å². The van der Waals surface area contributed by atoms with E-state index in [1.54, 1.807) is 36.4 Å². The Balaban J connectivity index is 1.45. The fourth-order valence-electron chi connectivity index (χ4n) is 5.14. The lowest BCUT2D eigenvalue weighted by Gasteiger charge is -2.48. The molecule has 1 heterocycles. The Morgan fingerprint density at radius 2 is 1.53 bits per heavy atom. The number of hydrogen-bond acceptors (Lipinski definition) is 6. The van der Waals surface area contributed by atoms with Gasteiger partial charge in [0.15, 0.2) is 0 Å². The fourth-order valence-corrected chi connectivity index (χ4v) is 5.14. The second-order valence-corrected chi connectivity index (χ2v) is 9.27. The molecule has 4 rings (SSSR count). The first kappa shape index (κ1) is 25.8. The minimum atomic E-state index is -0.311. The van der Waals surface area contributed by atoms with Crippen LogP contribution in [0.5, 0.6) is 11.5 Å². The number of urea groups is 1. The Hall–Kier alpha value is -3.30. The quantitative estimate of drug-likeness (QED) is 0.509. The van der Waals surface area contributed by atoms with Gasteiger partial charge < -0.3 is 30.2 Å². The maximum atomic E-state index is 13.0. The van der Waals surface area contributed by atoms with E-state index >= 15 is 0 Å². The van der Waals surface area contributed by atoms with E-state index in [1.165, 1.54) is 33.5 Å². The molecule has 2 fully saturated rings. The highest BCUT2D eigenvalue weighted by Gasteiger charge is 2.38. The molecule has 2 aromatic carbocycles. The van der Waals surface area contributed by atoms with Gasteiger partial charge in [-0.15, -0.1) is 0 Å². The van der Waals surface area contributed by atoms with E-state index in [4.69, 9.17) is 14.2 Å². The molecule has 0 aromatic heterocycles. The van der Waals surface area contributed by atoms with Crippen molar-refractivity contribution in [3.8, 4) is 11.5 Å². The molecule has 9 heteroatoms. The molecule has 194 valence electrons. The number of amides is 3. The number of benzene rings is 2. The first-order valence-corrected chi connectivity index (χ1v) is 12.5. The number of carbonyl (C=O) groups is 2. The summed E-state index contributed by atoms with van der Waals surface area (Å²) in [7, 11) is 3.03. The highest BCUT2D eigenvalue weighted by molar-refractivity contribution is 6.05. The van der Waals surface area contributed by atoms with Gasteiger partial charge in [0, 0.05) is 42.9 Å². The van der Waals surface area contributed by atoms with Crippen LogP contribution in [0.2, 0.25) is 0 Å². The van der Waals surface area contributed by atoms with E-state index in [-0.39, 0.29) is 17.5 Å². The highest BCUT2D eigenvalue weighted by Crippen LogP contribution is 2.37. The monoisotopic (exact) mass is 496 g/mol. The number of nitrogens with zero attached hydrogens (tertiary/aromatic N) is 1. The van der Waals surface area contributed by atoms with Gasteiger partial charge in [-0.1, -0.05) is 37.5 Å². The van der Waals surface area contributed by atoms with Gasteiger partial charge in [-0.05, 0) is 25.0 Å². The second-order valence-electron chi connectivity index (χ2n) is 9.27. The Bertz CT molecular complexity index is 1030. The molecule has 2 aliphatic rings. The molecule has 0 bridgehead atoms. The first-order chi connectivity index (χ1) is 17.5. The van der Waals surface area contributed by atoms with Crippen LogP contribution in [-0.2, 0) is 4.74 Å². The van der Waals surface area contributed by atoms with Gasteiger partial charge in [-0.2, -0.15) is 0 Å². The van der Waals surface area contributed by atoms with Crippen LogP contribution in [0.4, 0.5) is 16.2 Å². The summed E-state index contributed by atoms with van der Waals surface area (Å²) < 4.78 is 16.6. The molecule has 2 aromatic rings. The summed E-state index contributed by atoms with van der Waals surface area (Å²) in [5.74, 6) is 0.553. The van der Waals surface area contributed by atoms with E-state index in [0.29, 0.717) is 35.0 Å². The number of ether oxygens (including phenoxy) is 3. The van der Waals surface area contributed by atoms with Gasteiger partial charge in [-0.3, -0.25) is 9.69 Å². The van der Waals surface area contributed by atoms with Crippen molar-refractivity contribution in [1.82, 2.24) is 10.2 Å². The fraction of sp³-hybridized carbons (Fsp3) is 0.481. The molecule has 9 nitrogen and oxygen atoms in total. The maximum Gasteiger partial charge on any atom is 0.319 e. The van der Waals surface area contributed by atoms with Crippen molar-refractivity contribution in [2.75, 3.05) is 57.7 Å². The van der Waals surface area contributed by atoms with Crippen LogP contribution in [0.25, 0.3) is 0 Å². The van der Waals surface area contributed by atoms with Gasteiger partial charge in [0.25, 0.3) is 5.91 Å². The van der Waals surface area contributed by atoms with Crippen molar-refractivity contribution >= 4 is 23.3 Å². The summed E-state index contributed by atoms with van der Waals surface area (Å²) in [6, 6.07) is 11.9. The van der Waals surface area contributed by atoms with Crippen molar-refractivity contribution in [3.63, 3.8) is 0 Å². The maximum absolute atomic E-state index is 13.0. The van der Waals surface area contributed by atoms with E-state index < -0.39 is 0 Å². The minimum absolute atomic E-state index is 0.0350. The lowest BCUT2D eigenvalue weighted by atomic mass is 9.80.